The van der Waals surface area contributed by atoms with Gasteiger partial charge in [0.2, 0.25) is 5.75 Å². The normalized spacial score (nSPS) is 11.3. The van der Waals surface area contributed by atoms with E-state index in [1.807, 2.05) is 0 Å². The van der Waals surface area contributed by atoms with E-state index in [9.17, 15) is 32.5 Å². The van der Waals surface area contributed by atoms with E-state index in [0.717, 1.165) is 0 Å². The Morgan fingerprint density at radius 3 is 2.47 bits per heavy atom. The lowest BCUT2D eigenvalue weighted by atomic mass is 10.3. The van der Waals surface area contributed by atoms with E-state index < -0.39 is 40.7 Å². The molecule has 0 amide bonds. The number of alkyl halides is 4. The van der Waals surface area contributed by atoms with Gasteiger partial charge in [-0.2, -0.15) is 0 Å². The second-order valence-corrected chi connectivity index (χ2v) is 2.77. The highest BCUT2D eigenvalue weighted by molar-refractivity contribution is 5.48. The quantitative estimate of drug-likeness (QED) is 0.506. The van der Waals surface area contributed by atoms with Gasteiger partial charge in [-0.1, -0.05) is 0 Å². The molecule has 0 aromatic carbocycles. The van der Waals surface area contributed by atoms with E-state index in [4.69, 9.17) is 0 Å². The molecule has 10 heteroatoms. The number of halogens is 4. The molecule has 6 nitrogen and oxygen atoms in total. The topological polar surface area (TPSA) is 85.2 Å². The Bertz CT molecular complexity index is 496. The summed E-state index contributed by atoms with van der Waals surface area (Å²) in [7, 11) is 0. The number of H-pyrrole nitrogens is 1. The van der Waals surface area contributed by atoms with Gasteiger partial charge in [-0.05, 0) is 0 Å². The smallest absolute Gasteiger partial charge is 0.396 e. The van der Waals surface area contributed by atoms with Gasteiger partial charge in [-0.3, -0.25) is 14.9 Å². The molecule has 1 aromatic heterocycles. The van der Waals surface area contributed by atoms with Gasteiger partial charge in [0.15, 0.2) is 0 Å². The standard InChI is InChI=1S/C7H4F4N2O4/c8-2-3-6(17-7(9,10)11)4(13(15)16)1-5(14)12-3/h1H,2H2,(H,12,14). The molecule has 1 heterocycles. The molecule has 0 saturated carbocycles. The highest BCUT2D eigenvalue weighted by Gasteiger charge is 2.36. The summed E-state index contributed by atoms with van der Waals surface area (Å²) in [6, 6.07) is 0.278. The van der Waals surface area contributed by atoms with Crippen LogP contribution in [0.1, 0.15) is 5.69 Å². The molecular formula is C7H4F4N2O4. The summed E-state index contributed by atoms with van der Waals surface area (Å²) in [6.07, 6.45) is -5.23. The summed E-state index contributed by atoms with van der Waals surface area (Å²) in [6.45, 7) is -1.54. The van der Waals surface area contributed by atoms with Gasteiger partial charge >= 0.3 is 12.0 Å². The number of nitro groups is 1. The largest absolute Gasteiger partial charge is 0.573 e. The third-order valence-electron chi connectivity index (χ3n) is 1.60. The molecule has 0 saturated heterocycles. The lowest BCUT2D eigenvalue weighted by Gasteiger charge is -2.11. The van der Waals surface area contributed by atoms with Crippen LogP contribution in [-0.4, -0.2) is 16.3 Å². The molecule has 0 bridgehead atoms. The predicted molar refractivity (Wildman–Crippen MR) is 45.2 cm³/mol. The van der Waals surface area contributed by atoms with Gasteiger partial charge in [-0.15, -0.1) is 13.2 Å². The van der Waals surface area contributed by atoms with Crippen LogP contribution in [0.15, 0.2) is 10.9 Å². The molecule has 0 radical (unpaired) electrons. The Morgan fingerprint density at radius 2 is 2.06 bits per heavy atom. The van der Waals surface area contributed by atoms with Crippen molar-refractivity contribution in [1.29, 1.82) is 0 Å². The van der Waals surface area contributed by atoms with Crippen molar-refractivity contribution in [2.75, 3.05) is 0 Å². The van der Waals surface area contributed by atoms with Gasteiger partial charge in [0.1, 0.15) is 6.67 Å². The SMILES string of the molecule is O=c1cc([N+](=O)[O-])c(OC(F)(F)F)c(CF)[nH]1. The van der Waals surface area contributed by atoms with Crippen LogP contribution in [0.3, 0.4) is 0 Å². The van der Waals surface area contributed by atoms with Crippen LogP contribution in [-0.2, 0) is 6.67 Å². The van der Waals surface area contributed by atoms with Crippen LogP contribution in [0.4, 0.5) is 23.2 Å². The Hall–Kier alpha value is -2.13. The van der Waals surface area contributed by atoms with Gasteiger partial charge in [0.25, 0.3) is 5.56 Å². The summed E-state index contributed by atoms with van der Waals surface area (Å²) < 4.78 is 51.5. The van der Waals surface area contributed by atoms with Gasteiger partial charge in [0.05, 0.1) is 16.7 Å². The lowest BCUT2D eigenvalue weighted by Crippen LogP contribution is -2.21. The second-order valence-electron chi connectivity index (χ2n) is 2.77. The second kappa shape index (κ2) is 4.39. The number of nitrogens with one attached hydrogen (secondary N) is 1. The van der Waals surface area contributed by atoms with Crippen molar-refractivity contribution in [3.63, 3.8) is 0 Å². The molecule has 17 heavy (non-hydrogen) atoms. The van der Waals surface area contributed by atoms with E-state index in [-0.39, 0.29) is 6.07 Å². The maximum absolute atomic E-state index is 12.3. The Morgan fingerprint density at radius 1 is 1.47 bits per heavy atom. The van der Waals surface area contributed by atoms with Gasteiger partial charge < -0.3 is 9.72 Å². The molecule has 1 aromatic rings. The maximum Gasteiger partial charge on any atom is 0.573 e. The highest BCUT2D eigenvalue weighted by atomic mass is 19.4. The van der Waals surface area contributed by atoms with Gasteiger partial charge in [0, 0.05) is 0 Å². The first-order chi connectivity index (χ1) is 7.74. The zero-order valence-corrected chi connectivity index (χ0v) is 7.88. The van der Waals surface area contributed by atoms with Gasteiger partial charge in [-0.25, -0.2) is 4.39 Å². The molecule has 1 rings (SSSR count). The zero-order valence-electron chi connectivity index (χ0n) is 7.88. The van der Waals surface area contributed by atoms with Crippen LogP contribution in [0.25, 0.3) is 0 Å². The minimum atomic E-state index is -5.23. The third kappa shape index (κ3) is 3.16. The number of rotatable bonds is 3. The first kappa shape index (κ1) is 12.9. The van der Waals surface area contributed by atoms with Crippen LogP contribution < -0.4 is 10.3 Å². The van der Waals surface area contributed by atoms with Crippen molar-refractivity contribution >= 4 is 5.69 Å². The van der Waals surface area contributed by atoms with Crippen LogP contribution in [0, 0.1) is 10.1 Å². The number of hydrogen-bond donors (Lipinski definition) is 1. The van der Waals surface area contributed by atoms with E-state index in [1.165, 1.54) is 0 Å². The van der Waals surface area contributed by atoms with Crippen molar-refractivity contribution in [3.8, 4) is 5.75 Å². The van der Waals surface area contributed by atoms with Crippen molar-refractivity contribution in [2.45, 2.75) is 13.0 Å². The molecular weight excluding hydrogens is 252 g/mol. The van der Waals surface area contributed by atoms with E-state index >= 15 is 0 Å². The van der Waals surface area contributed by atoms with Crippen molar-refractivity contribution in [2.24, 2.45) is 0 Å². The Balaban J connectivity index is 3.42. The summed E-state index contributed by atoms with van der Waals surface area (Å²) in [4.78, 5) is 21.7. The molecule has 0 aliphatic heterocycles. The summed E-state index contributed by atoms with van der Waals surface area (Å²) >= 11 is 0. The monoisotopic (exact) mass is 256 g/mol. The molecule has 0 aliphatic rings. The summed E-state index contributed by atoms with van der Waals surface area (Å²) in [5, 5.41) is 10.4. The lowest BCUT2D eigenvalue weighted by molar-refractivity contribution is -0.389. The first-order valence-corrected chi connectivity index (χ1v) is 3.97. The number of hydrogen-bond acceptors (Lipinski definition) is 4. The van der Waals surface area contributed by atoms with Crippen molar-refractivity contribution < 1.29 is 27.2 Å². The van der Waals surface area contributed by atoms with Crippen LogP contribution >= 0.6 is 0 Å². The molecule has 94 valence electrons. The third-order valence-corrected chi connectivity index (χ3v) is 1.60. The minimum absolute atomic E-state index is 0.278. The fourth-order valence-electron chi connectivity index (χ4n) is 1.05. The van der Waals surface area contributed by atoms with Crippen molar-refractivity contribution in [3.05, 3.63) is 32.2 Å². The Kier molecular flexibility index (Phi) is 3.34. The Labute approximate surface area is 90.0 Å². The summed E-state index contributed by atoms with van der Waals surface area (Å²) in [5.74, 6) is -1.36. The average Bonchev–Trinajstić information content (AvgIpc) is 2.17. The molecule has 0 fully saturated rings. The fourth-order valence-corrected chi connectivity index (χ4v) is 1.05. The van der Waals surface area contributed by atoms with E-state index in [1.54, 1.807) is 4.98 Å². The predicted octanol–water partition coefficient (Wildman–Crippen LogP) is 1.65. The molecule has 0 unspecified atom stereocenters. The molecule has 0 atom stereocenters. The molecule has 0 aliphatic carbocycles. The van der Waals surface area contributed by atoms with E-state index in [0.29, 0.717) is 0 Å². The number of nitrogens with zero attached hydrogens (tertiary/aromatic N) is 1. The number of aromatic nitrogens is 1. The zero-order chi connectivity index (χ0) is 13.2. The average molecular weight is 256 g/mol. The number of ether oxygens (including phenoxy) is 1. The summed E-state index contributed by atoms with van der Waals surface area (Å²) in [5.41, 5.74) is -3.29. The molecule has 0 spiro atoms. The van der Waals surface area contributed by atoms with Crippen molar-refractivity contribution in [1.82, 2.24) is 4.98 Å². The minimum Gasteiger partial charge on any atom is -0.396 e. The number of aromatic amines is 1. The maximum atomic E-state index is 12.3. The first-order valence-electron chi connectivity index (χ1n) is 3.97. The molecule has 1 N–H and O–H groups in total. The van der Waals surface area contributed by atoms with E-state index in [2.05, 4.69) is 4.74 Å². The highest BCUT2D eigenvalue weighted by Crippen LogP contribution is 2.33. The van der Waals surface area contributed by atoms with Crippen LogP contribution in [0.2, 0.25) is 0 Å². The fraction of sp³-hybridized carbons (Fsp3) is 0.286. The van der Waals surface area contributed by atoms with Crippen LogP contribution in [0.5, 0.6) is 5.75 Å². The number of pyridine rings is 1.